The fourth-order valence-electron chi connectivity index (χ4n) is 5.64. The van der Waals surface area contributed by atoms with E-state index in [1.807, 2.05) is 13.0 Å². The molecule has 4 heterocycles. The zero-order valence-electron chi connectivity index (χ0n) is 20.2. The summed E-state index contributed by atoms with van der Waals surface area (Å²) in [6, 6.07) is 9.18. The molecule has 2 aromatic rings. The molecule has 0 bridgehead atoms. The number of rotatable bonds is 5. The number of alkyl halides is 3. The fourth-order valence-corrected chi connectivity index (χ4v) is 5.64. The standard InChI is InChI=1S/C25H34F3N5O2/c1-19-18-24(29-33(19)22-2-4-23(5-3-22)35-25(26,27)28)32-10-6-20(7-11-32)30-12-14-31(15-13-30)21-8-16-34-17-9-21/h2-5,18,20-21H,6-17H2,1H3. The number of hydrogen-bond donors (Lipinski definition) is 0. The largest absolute Gasteiger partial charge is 0.573 e. The lowest BCUT2D eigenvalue weighted by molar-refractivity contribution is -0.274. The van der Waals surface area contributed by atoms with Gasteiger partial charge >= 0.3 is 6.36 Å². The van der Waals surface area contributed by atoms with E-state index in [1.165, 1.54) is 12.1 Å². The third-order valence-corrected chi connectivity index (χ3v) is 7.55. The maximum absolute atomic E-state index is 12.4. The maximum atomic E-state index is 12.4. The molecule has 35 heavy (non-hydrogen) atoms. The van der Waals surface area contributed by atoms with Crippen LogP contribution in [-0.4, -0.2) is 90.5 Å². The number of aromatic nitrogens is 2. The Kier molecular flexibility index (Phi) is 7.22. The van der Waals surface area contributed by atoms with Crippen LogP contribution in [0, 0.1) is 6.92 Å². The van der Waals surface area contributed by atoms with Crippen molar-refractivity contribution in [3.63, 3.8) is 0 Å². The molecule has 1 aromatic carbocycles. The maximum Gasteiger partial charge on any atom is 0.573 e. The van der Waals surface area contributed by atoms with E-state index in [0.717, 1.165) is 89.7 Å². The second-order valence-electron chi connectivity index (χ2n) is 9.73. The van der Waals surface area contributed by atoms with E-state index in [4.69, 9.17) is 9.84 Å². The van der Waals surface area contributed by atoms with E-state index < -0.39 is 6.36 Å². The number of piperazine rings is 1. The molecular weight excluding hydrogens is 459 g/mol. The molecule has 3 aliphatic heterocycles. The van der Waals surface area contributed by atoms with Crippen LogP contribution in [0.5, 0.6) is 5.75 Å². The van der Waals surface area contributed by atoms with Crippen LogP contribution in [-0.2, 0) is 4.74 Å². The average Bonchev–Trinajstić information content (AvgIpc) is 3.26. The van der Waals surface area contributed by atoms with Gasteiger partial charge < -0.3 is 14.4 Å². The van der Waals surface area contributed by atoms with Gasteiger partial charge in [-0.2, -0.15) is 5.10 Å². The molecule has 192 valence electrons. The summed E-state index contributed by atoms with van der Waals surface area (Å²) in [5.74, 6) is 0.683. The summed E-state index contributed by atoms with van der Waals surface area (Å²) in [5.41, 5.74) is 1.65. The van der Waals surface area contributed by atoms with E-state index >= 15 is 0 Å². The summed E-state index contributed by atoms with van der Waals surface area (Å²) < 4.78 is 48.5. The van der Waals surface area contributed by atoms with Gasteiger partial charge in [0.2, 0.25) is 0 Å². The Bertz CT molecular complexity index is 958. The van der Waals surface area contributed by atoms with Crippen molar-refractivity contribution in [3.05, 3.63) is 36.0 Å². The first-order chi connectivity index (χ1) is 16.9. The highest BCUT2D eigenvalue weighted by Crippen LogP contribution is 2.27. The van der Waals surface area contributed by atoms with Gasteiger partial charge in [-0.3, -0.25) is 9.80 Å². The highest BCUT2D eigenvalue weighted by atomic mass is 19.4. The predicted octanol–water partition coefficient (Wildman–Crippen LogP) is 3.84. The van der Waals surface area contributed by atoms with Gasteiger partial charge in [-0.25, -0.2) is 4.68 Å². The molecule has 0 amide bonds. The number of benzene rings is 1. The van der Waals surface area contributed by atoms with Gasteiger partial charge in [-0.1, -0.05) is 0 Å². The van der Waals surface area contributed by atoms with Crippen LogP contribution in [0.25, 0.3) is 5.69 Å². The molecule has 0 radical (unpaired) electrons. The first kappa shape index (κ1) is 24.4. The lowest BCUT2D eigenvalue weighted by Crippen LogP contribution is -2.55. The molecule has 0 spiro atoms. The molecule has 0 unspecified atom stereocenters. The third kappa shape index (κ3) is 5.92. The summed E-state index contributed by atoms with van der Waals surface area (Å²) >= 11 is 0. The van der Waals surface area contributed by atoms with Crippen molar-refractivity contribution in [2.24, 2.45) is 0 Å². The summed E-state index contributed by atoms with van der Waals surface area (Å²) in [7, 11) is 0. The molecule has 0 atom stereocenters. The number of aryl methyl sites for hydroxylation is 1. The van der Waals surface area contributed by atoms with E-state index in [9.17, 15) is 13.2 Å². The molecular formula is C25H34F3N5O2. The van der Waals surface area contributed by atoms with Gasteiger partial charge in [0.1, 0.15) is 5.75 Å². The minimum absolute atomic E-state index is 0.234. The minimum atomic E-state index is -4.69. The van der Waals surface area contributed by atoms with E-state index in [1.54, 1.807) is 16.8 Å². The molecule has 10 heteroatoms. The van der Waals surface area contributed by atoms with Crippen molar-refractivity contribution >= 4 is 5.82 Å². The second kappa shape index (κ2) is 10.4. The highest BCUT2D eigenvalue weighted by Gasteiger charge is 2.32. The van der Waals surface area contributed by atoms with Crippen molar-refractivity contribution in [2.75, 3.05) is 57.4 Å². The summed E-state index contributed by atoms with van der Waals surface area (Å²) in [5, 5.41) is 4.76. The first-order valence-electron chi connectivity index (χ1n) is 12.6. The van der Waals surface area contributed by atoms with Gasteiger partial charge in [-0.05, 0) is 56.9 Å². The topological polar surface area (TPSA) is 46.0 Å². The molecule has 3 saturated heterocycles. The van der Waals surface area contributed by atoms with Crippen molar-refractivity contribution in [3.8, 4) is 11.4 Å². The van der Waals surface area contributed by atoms with Crippen LogP contribution >= 0.6 is 0 Å². The number of nitrogens with zero attached hydrogens (tertiary/aromatic N) is 5. The monoisotopic (exact) mass is 493 g/mol. The number of halogens is 3. The van der Waals surface area contributed by atoms with Gasteiger partial charge in [0.25, 0.3) is 0 Å². The van der Waals surface area contributed by atoms with E-state index in [2.05, 4.69) is 19.4 Å². The Hall–Kier alpha value is -2.30. The van der Waals surface area contributed by atoms with Crippen LogP contribution in [0.1, 0.15) is 31.4 Å². The number of piperidine rings is 1. The zero-order chi connectivity index (χ0) is 24.4. The molecule has 0 aliphatic carbocycles. The molecule has 0 N–H and O–H groups in total. The number of hydrogen-bond acceptors (Lipinski definition) is 6. The quantitative estimate of drug-likeness (QED) is 0.631. The van der Waals surface area contributed by atoms with E-state index in [0.29, 0.717) is 17.8 Å². The van der Waals surface area contributed by atoms with Gasteiger partial charge in [-0.15, -0.1) is 13.2 Å². The third-order valence-electron chi connectivity index (χ3n) is 7.55. The van der Waals surface area contributed by atoms with Crippen molar-refractivity contribution in [1.29, 1.82) is 0 Å². The van der Waals surface area contributed by atoms with Gasteiger partial charge in [0.15, 0.2) is 5.82 Å². The van der Waals surface area contributed by atoms with Crippen LogP contribution in [0.2, 0.25) is 0 Å². The average molecular weight is 494 g/mol. The Morgan fingerprint density at radius 2 is 1.43 bits per heavy atom. The minimum Gasteiger partial charge on any atom is -0.406 e. The molecule has 3 fully saturated rings. The molecule has 3 aliphatic rings. The van der Waals surface area contributed by atoms with Gasteiger partial charge in [0.05, 0.1) is 5.69 Å². The Morgan fingerprint density at radius 3 is 2.00 bits per heavy atom. The van der Waals surface area contributed by atoms with Gasteiger partial charge in [0, 0.05) is 76.3 Å². The summed E-state index contributed by atoms with van der Waals surface area (Å²) in [4.78, 5) is 7.65. The van der Waals surface area contributed by atoms with Crippen molar-refractivity contribution in [1.82, 2.24) is 19.6 Å². The molecule has 0 saturated carbocycles. The second-order valence-corrected chi connectivity index (χ2v) is 9.73. The molecule has 1 aromatic heterocycles. The summed E-state index contributed by atoms with van der Waals surface area (Å²) in [6.45, 7) is 10.3. The highest BCUT2D eigenvalue weighted by molar-refractivity contribution is 5.45. The first-order valence-corrected chi connectivity index (χ1v) is 12.6. The lowest BCUT2D eigenvalue weighted by Gasteiger charge is -2.45. The summed E-state index contributed by atoms with van der Waals surface area (Å²) in [6.07, 6.45) is -0.133. The Balaban J connectivity index is 1.14. The lowest BCUT2D eigenvalue weighted by atomic mass is 10.0. The van der Waals surface area contributed by atoms with Crippen LogP contribution in [0.15, 0.2) is 30.3 Å². The van der Waals surface area contributed by atoms with Crippen molar-refractivity contribution in [2.45, 2.75) is 51.1 Å². The van der Waals surface area contributed by atoms with Crippen molar-refractivity contribution < 1.29 is 22.6 Å². The predicted molar refractivity (Wildman–Crippen MR) is 127 cm³/mol. The molecule has 7 nitrogen and oxygen atoms in total. The van der Waals surface area contributed by atoms with E-state index in [-0.39, 0.29) is 5.75 Å². The molecule has 5 rings (SSSR count). The normalized spacial score (nSPS) is 22.0. The van der Waals surface area contributed by atoms with Crippen LogP contribution in [0.4, 0.5) is 19.0 Å². The van der Waals surface area contributed by atoms with Crippen LogP contribution < -0.4 is 9.64 Å². The number of ether oxygens (including phenoxy) is 2. The zero-order valence-corrected chi connectivity index (χ0v) is 20.2. The Labute approximate surface area is 204 Å². The fraction of sp³-hybridized carbons (Fsp3) is 0.640. The number of anilines is 1. The SMILES string of the molecule is Cc1cc(N2CCC(N3CCN(C4CCOCC4)CC3)CC2)nn1-c1ccc(OC(F)(F)F)cc1. The smallest absolute Gasteiger partial charge is 0.406 e. The Morgan fingerprint density at radius 1 is 0.857 bits per heavy atom. The van der Waals surface area contributed by atoms with Crippen LogP contribution in [0.3, 0.4) is 0 Å².